The van der Waals surface area contributed by atoms with Crippen molar-refractivity contribution >= 4 is 123 Å². The molecule has 1 saturated heterocycles. The molecule has 7 amide bonds. The molecule has 0 bridgehead atoms. The number of nitrogens with one attached hydrogen (secondary N) is 8. The maximum Gasteiger partial charge on any atom is 0.304 e. The lowest BCUT2D eigenvalue weighted by Crippen LogP contribution is -2.53. The van der Waals surface area contributed by atoms with Gasteiger partial charge in [0.15, 0.2) is 40.7 Å². The van der Waals surface area contributed by atoms with Gasteiger partial charge in [-0.25, -0.2) is 0 Å². The van der Waals surface area contributed by atoms with Crippen LogP contribution in [0.4, 0.5) is 0 Å². The summed E-state index contributed by atoms with van der Waals surface area (Å²) in [5.41, 5.74) is 17.0. The summed E-state index contributed by atoms with van der Waals surface area (Å²) in [6.07, 6.45) is 0.293. The molecule has 2 rings (SSSR count). The number of unbranched alkanes of at least 4 members (excludes halogenated alkanes) is 1. The molecule has 1 aromatic carbocycles. The van der Waals surface area contributed by atoms with Gasteiger partial charge in [-0.15, -0.1) is 11.8 Å². The maximum atomic E-state index is 14.9. The molecule has 0 radical (unpaired) electrons. The second-order valence-electron chi connectivity index (χ2n) is 28.9. The lowest BCUT2D eigenvalue weighted by molar-refractivity contribution is -0.142. The van der Waals surface area contributed by atoms with Gasteiger partial charge in [0.2, 0.25) is 41.4 Å². The SMILES string of the molecule is CC(C)(C)SC[C@@H]1NC(=O)[C@H](CC(=O)O)CC(=O)CNC(=O)[C@H](CCCNC(=N)N)CC(=O)[C@H](CSC(C)(C)C)NC(=O)[C@H](CCCCN)NC(=O)CSC[C@@H](C(=O)CCCOCCOCCOCCCC(=O)COCC(=O)CCCOCCOCCOCCNC(=O)COCC(N)=O)NC(=O)[C@H](Cc2ccccc2)CC1=O. The van der Waals surface area contributed by atoms with Crippen LogP contribution in [0.2, 0.25) is 0 Å². The van der Waals surface area contributed by atoms with Crippen LogP contribution in [-0.2, 0) is 111 Å². The molecule has 113 heavy (non-hydrogen) atoms. The molecular weight excluding hydrogens is 1530 g/mol. The molecule has 0 saturated carbocycles. The number of hydrogen-bond donors (Lipinski definition) is 12. The van der Waals surface area contributed by atoms with E-state index in [-0.39, 0.29) is 184 Å². The van der Waals surface area contributed by atoms with E-state index in [9.17, 15) is 72.2 Å². The summed E-state index contributed by atoms with van der Waals surface area (Å²) in [6, 6.07) is 3.89. The molecule has 1 aromatic rings. The van der Waals surface area contributed by atoms with Crippen LogP contribution < -0.4 is 54.4 Å². The van der Waals surface area contributed by atoms with Crippen molar-refractivity contribution < 1.29 is 110 Å². The van der Waals surface area contributed by atoms with Crippen LogP contribution >= 0.6 is 35.3 Å². The van der Waals surface area contributed by atoms with Crippen molar-refractivity contribution in [1.82, 2.24) is 37.2 Å². The van der Waals surface area contributed by atoms with Gasteiger partial charge in [-0.3, -0.25) is 72.5 Å². The number of carboxylic acid groups (broad SMARTS) is 1. The Bertz CT molecular complexity index is 3090. The Balaban J connectivity index is 2.18. The van der Waals surface area contributed by atoms with Crippen molar-refractivity contribution in [2.24, 2.45) is 35.0 Å². The zero-order valence-corrected chi connectivity index (χ0v) is 69.0. The molecule has 1 aliphatic rings. The van der Waals surface area contributed by atoms with Crippen molar-refractivity contribution in [2.75, 3.05) is 155 Å². The molecule has 0 spiro atoms. The number of rotatable bonds is 52. The number of hydrogen-bond acceptors (Lipinski definition) is 27. The minimum Gasteiger partial charge on any atom is -0.481 e. The number of aliphatic carboxylic acids is 1. The number of ether oxygens (including phenoxy) is 8. The van der Waals surface area contributed by atoms with Crippen molar-refractivity contribution in [1.29, 1.82) is 5.41 Å². The van der Waals surface area contributed by atoms with Gasteiger partial charge >= 0.3 is 5.97 Å². The minimum atomic E-state index is -1.53. The summed E-state index contributed by atoms with van der Waals surface area (Å²) in [4.78, 5) is 188. The number of primary amides is 1. The number of nitrogens with two attached hydrogens (primary N) is 3. The van der Waals surface area contributed by atoms with Gasteiger partial charge in [-0.2, -0.15) is 23.5 Å². The third kappa shape index (κ3) is 53.7. The van der Waals surface area contributed by atoms with E-state index in [1.165, 1.54) is 23.5 Å². The molecule has 0 aromatic heterocycles. The van der Waals surface area contributed by atoms with E-state index in [0.29, 0.717) is 64.3 Å². The van der Waals surface area contributed by atoms with Crippen LogP contribution in [0.3, 0.4) is 0 Å². The number of amides is 7. The molecule has 1 fully saturated rings. The lowest BCUT2D eigenvalue weighted by atomic mass is 9.90. The number of benzene rings is 1. The van der Waals surface area contributed by atoms with E-state index >= 15 is 0 Å². The summed E-state index contributed by atoms with van der Waals surface area (Å²) in [5, 5.41) is 36.6. The molecule has 7 atom stereocenters. The Kier molecular flexibility index (Phi) is 54.6. The fourth-order valence-electron chi connectivity index (χ4n) is 10.7. The average Bonchev–Trinajstić information content (AvgIpc) is 0.949. The third-order valence-corrected chi connectivity index (χ3v) is 20.4. The van der Waals surface area contributed by atoms with E-state index in [1.54, 1.807) is 30.3 Å². The van der Waals surface area contributed by atoms with Crippen LogP contribution in [0.25, 0.3) is 0 Å². The maximum absolute atomic E-state index is 14.9. The Hall–Kier alpha value is -7.04. The van der Waals surface area contributed by atoms with Crippen molar-refractivity contribution in [3.8, 4) is 0 Å². The monoisotopic (exact) mass is 1660 g/mol. The van der Waals surface area contributed by atoms with Crippen LogP contribution in [0, 0.1) is 23.2 Å². The second-order valence-corrected chi connectivity index (χ2v) is 33.7. The van der Waals surface area contributed by atoms with Crippen molar-refractivity contribution in [3.63, 3.8) is 0 Å². The average molecular weight is 1660 g/mol. The summed E-state index contributed by atoms with van der Waals surface area (Å²) in [7, 11) is 0. The van der Waals surface area contributed by atoms with Crippen LogP contribution in [-0.4, -0.2) is 282 Å². The van der Waals surface area contributed by atoms with E-state index in [2.05, 4.69) is 37.2 Å². The zero-order chi connectivity index (χ0) is 83.8. The first-order valence-electron chi connectivity index (χ1n) is 38.4. The molecule has 34 nitrogen and oxygen atoms in total. The van der Waals surface area contributed by atoms with Gasteiger partial charge in [0, 0.05) is 110 Å². The number of guanidine groups is 1. The van der Waals surface area contributed by atoms with E-state index in [4.69, 9.17) is 60.5 Å². The summed E-state index contributed by atoms with van der Waals surface area (Å²) in [5.74, 6) is -13.3. The third-order valence-electron chi connectivity index (χ3n) is 16.6. The number of carbonyl (C=O) groups excluding carboxylic acids is 13. The van der Waals surface area contributed by atoms with Gasteiger partial charge in [-0.05, 0) is 69.9 Å². The number of ketones is 6. The lowest BCUT2D eigenvalue weighted by Gasteiger charge is -2.27. The first-order valence-corrected chi connectivity index (χ1v) is 41.6. The molecule has 1 heterocycles. The minimum absolute atomic E-state index is 0.00395. The van der Waals surface area contributed by atoms with Crippen LogP contribution in [0.15, 0.2) is 30.3 Å². The van der Waals surface area contributed by atoms with Gasteiger partial charge in [0.1, 0.15) is 32.5 Å². The van der Waals surface area contributed by atoms with E-state index < -0.39 is 154 Å². The number of carbonyl (C=O) groups is 14. The summed E-state index contributed by atoms with van der Waals surface area (Å²) >= 11 is 3.68. The standard InChI is InChI=1S/C76H125N11O23S3/c1-75(2,3)112-49-61-65(93)41-54(38-52-16-8-7-9-17-52)71(100)85-60(63(91)22-15-28-105-32-36-107-34-30-103-26-13-19-56(88)44-109-45-57(89)20-14-27-104-31-35-108-37-33-106-29-25-81-67(95)47-110-46-66(78)94)48-111-51-68(96)84-59(21-10-11-23-77)73(102)87-62(50-113-76(4,5)6)64(92)40-53(18-12-24-82-74(79)80)70(99)83-43-58(90)39-55(42-69(97)98)72(101)86-61/h7-9,16-17,53-55,59-62H,10-15,18-51,77H2,1-6H3,(H2,78,94)(H,81,95)(H,83,99)(H,84,96)(H,85,100)(H,86,101)(H,87,102)(H,97,98)(H4,79,80,82)/t53-,54-,55+,59+,60+,61+,62+/m1/s1. The quantitative estimate of drug-likeness (QED) is 0.0250. The fourth-order valence-corrected chi connectivity index (χ4v) is 13.5. The normalized spacial score (nSPS) is 19.2. The molecule has 640 valence electrons. The first-order chi connectivity index (χ1) is 53.7. The Morgan fingerprint density at radius 3 is 1.58 bits per heavy atom. The summed E-state index contributed by atoms with van der Waals surface area (Å²) < 4.78 is 42.6. The van der Waals surface area contributed by atoms with Crippen molar-refractivity contribution in [3.05, 3.63) is 35.9 Å². The number of Topliss-reactive ketones (excluding diaryl/α,β-unsaturated/α-hetero) is 6. The van der Waals surface area contributed by atoms with Gasteiger partial charge in [-0.1, -0.05) is 71.9 Å². The van der Waals surface area contributed by atoms with Gasteiger partial charge in [0.05, 0.1) is 102 Å². The molecule has 0 aliphatic carbocycles. The molecule has 15 N–H and O–H groups in total. The Morgan fingerprint density at radius 2 is 1.05 bits per heavy atom. The highest BCUT2D eigenvalue weighted by Gasteiger charge is 2.36. The highest BCUT2D eigenvalue weighted by atomic mass is 32.2. The largest absolute Gasteiger partial charge is 0.481 e. The topological polar surface area (TPSA) is 519 Å². The Labute approximate surface area is 676 Å². The fraction of sp³-hybridized carbons (Fsp3) is 0.724. The van der Waals surface area contributed by atoms with Crippen LogP contribution in [0.1, 0.15) is 143 Å². The van der Waals surface area contributed by atoms with Crippen molar-refractivity contribution in [2.45, 2.75) is 178 Å². The molecule has 0 unspecified atom stereocenters. The number of carboxylic acids is 1. The van der Waals surface area contributed by atoms with Gasteiger partial charge in [0.25, 0.3) is 0 Å². The predicted octanol–water partition coefficient (Wildman–Crippen LogP) is 1.47. The smallest absolute Gasteiger partial charge is 0.304 e. The molecule has 1 aliphatic heterocycles. The Morgan fingerprint density at radius 1 is 0.540 bits per heavy atom. The van der Waals surface area contributed by atoms with E-state index in [0.717, 1.165) is 11.8 Å². The van der Waals surface area contributed by atoms with Crippen LogP contribution in [0.5, 0.6) is 0 Å². The first kappa shape index (κ1) is 102. The zero-order valence-electron chi connectivity index (χ0n) is 66.6. The highest BCUT2D eigenvalue weighted by molar-refractivity contribution is 8.01. The molecule has 37 heteroatoms. The number of thioether (sulfide) groups is 3. The second kappa shape index (κ2) is 60.5. The van der Waals surface area contributed by atoms with Gasteiger partial charge < -0.3 is 97.4 Å². The van der Waals surface area contributed by atoms with E-state index in [1.807, 2.05) is 41.5 Å². The highest BCUT2D eigenvalue weighted by Crippen LogP contribution is 2.28. The summed E-state index contributed by atoms with van der Waals surface area (Å²) in [6.45, 7) is 13.5. The predicted molar refractivity (Wildman–Crippen MR) is 428 cm³/mol. The molecular formula is C76H125N11O23S3.